The van der Waals surface area contributed by atoms with Crippen LogP contribution < -0.4 is 16.2 Å². The molecule has 11 nitrogen and oxygen atoms in total. The zero-order valence-electron chi connectivity index (χ0n) is 20.9. The van der Waals surface area contributed by atoms with E-state index in [1.807, 2.05) is 0 Å². The molecule has 3 aromatic rings. The summed E-state index contributed by atoms with van der Waals surface area (Å²) in [4.78, 5) is 49.5. The molecule has 3 amide bonds. The number of pyridine rings is 1. The first-order valence-corrected chi connectivity index (χ1v) is 12.1. The lowest BCUT2D eigenvalue weighted by atomic mass is 10.1. The van der Waals surface area contributed by atoms with Gasteiger partial charge in [-0.2, -0.15) is 13.2 Å². The average molecular weight is 598 g/mol. The fourth-order valence-corrected chi connectivity index (χ4v) is 4.31. The predicted molar refractivity (Wildman–Crippen MR) is 139 cm³/mol. The molecule has 2 aromatic carbocycles. The number of ether oxygens (including phenoxy) is 1. The number of likely N-dealkylation sites (tertiary alicyclic amines) is 1. The van der Waals surface area contributed by atoms with Gasteiger partial charge in [-0.25, -0.2) is 9.18 Å². The molecule has 41 heavy (non-hydrogen) atoms. The first-order valence-electron chi connectivity index (χ1n) is 11.7. The van der Waals surface area contributed by atoms with Gasteiger partial charge in [-0.15, -0.1) is 0 Å². The summed E-state index contributed by atoms with van der Waals surface area (Å²) in [6, 6.07) is 7.22. The molecule has 2 heterocycles. The number of anilines is 2. The number of alkyl halides is 3. The fraction of sp³-hybridized carbons (Fsp3) is 0.240. The summed E-state index contributed by atoms with van der Waals surface area (Å²) in [5, 5.41) is 16.6. The van der Waals surface area contributed by atoms with E-state index in [9.17, 15) is 37.7 Å². The summed E-state index contributed by atoms with van der Waals surface area (Å²) < 4.78 is 60.4. The average Bonchev–Trinajstić information content (AvgIpc) is 3.35. The van der Waals surface area contributed by atoms with Gasteiger partial charge in [0, 0.05) is 49.1 Å². The van der Waals surface area contributed by atoms with E-state index >= 15 is 4.39 Å². The second-order valence-electron chi connectivity index (χ2n) is 8.90. The molecule has 16 heteroatoms. The number of rotatable bonds is 6. The largest absolute Gasteiger partial charge is 0.418 e. The number of urea groups is 1. The van der Waals surface area contributed by atoms with Crippen molar-refractivity contribution in [1.82, 2.24) is 9.47 Å². The molecule has 1 aromatic heterocycles. The number of amides is 3. The van der Waals surface area contributed by atoms with E-state index in [0.29, 0.717) is 27.5 Å². The lowest BCUT2D eigenvalue weighted by Gasteiger charge is -2.24. The van der Waals surface area contributed by atoms with Gasteiger partial charge in [0.15, 0.2) is 0 Å². The molecule has 2 N–H and O–H groups in total. The summed E-state index contributed by atoms with van der Waals surface area (Å²) in [5.41, 5.74) is -4.73. The number of halogens is 5. The minimum absolute atomic E-state index is 0.0483. The van der Waals surface area contributed by atoms with Gasteiger partial charge in [-0.3, -0.25) is 24.3 Å². The number of hydrogen-bond acceptors (Lipinski definition) is 6. The smallest absolute Gasteiger partial charge is 0.380 e. The van der Waals surface area contributed by atoms with Crippen molar-refractivity contribution in [3.05, 3.63) is 91.6 Å². The Balaban J connectivity index is 1.58. The monoisotopic (exact) mass is 597 g/mol. The minimum Gasteiger partial charge on any atom is -0.380 e. The lowest BCUT2D eigenvalue weighted by molar-refractivity contribution is -0.386. The van der Waals surface area contributed by atoms with Gasteiger partial charge in [-0.05, 0) is 36.4 Å². The Labute approximate surface area is 233 Å². The number of nitro groups is 1. The number of hydrogen-bond donors (Lipinski definition) is 2. The number of benzene rings is 2. The quantitative estimate of drug-likeness (QED) is 0.238. The molecular formula is C25H20ClF4N5O6. The zero-order chi connectivity index (χ0) is 30.1. The van der Waals surface area contributed by atoms with Gasteiger partial charge in [0.25, 0.3) is 0 Å². The van der Waals surface area contributed by atoms with Crippen LogP contribution in [-0.4, -0.2) is 52.1 Å². The Morgan fingerprint density at radius 1 is 1.12 bits per heavy atom. The first-order chi connectivity index (χ1) is 19.3. The van der Waals surface area contributed by atoms with Crippen molar-refractivity contribution in [3.8, 4) is 5.69 Å². The third-order valence-corrected chi connectivity index (χ3v) is 6.52. The van der Waals surface area contributed by atoms with E-state index in [1.54, 1.807) is 24.3 Å². The van der Waals surface area contributed by atoms with Crippen LogP contribution in [0.15, 0.2) is 59.5 Å². The van der Waals surface area contributed by atoms with Crippen LogP contribution in [0.25, 0.3) is 5.69 Å². The maximum atomic E-state index is 15.0. The number of methoxy groups -OCH3 is 1. The molecule has 1 saturated heterocycles. The third-order valence-electron chi connectivity index (χ3n) is 6.27. The van der Waals surface area contributed by atoms with E-state index < -0.39 is 69.2 Å². The standard InChI is InChI=1S/C25H20ClF4N5O6/c1-41-17-10-20(34(12-17)24(38)31-15-4-2-14(26)3-5-15)22(36)32-19-7-6-16(9-18(19)27)33-11-13(25(28,29)30)8-21(23(33)37)35(39)40/h2-9,11,17,20H,10,12H2,1H3,(H,31,38)(H,32,36)/t17-,20-/m1/s1. The normalized spacial score (nSPS) is 16.9. The fourth-order valence-electron chi connectivity index (χ4n) is 4.19. The van der Waals surface area contributed by atoms with Crippen molar-refractivity contribution in [2.45, 2.75) is 24.7 Å². The second kappa shape index (κ2) is 11.5. The highest BCUT2D eigenvalue weighted by atomic mass is 35.5. The summed E-state index contributed by atoms with van der Waals surface area (Å²) in [6.07, 6.45) is -5.14. The summed E-state index contributed by atoms with van der Waals surface area (Å²) in [7, 11) is 1.40. The van der Waals surface area contributed by atoms with Gasteiger partial charge in [-0.1, -0.05) is 11.6 Å². The SMILES string of the molecule is CO[C@@H]1C[C@H](C(=O)Nc2ccc(-n3cc(C(F)(F)F)cc([N+](=O)[O-])c3=O)cc2F)N(C(=O)Nc2ccc(Cl)cc2)C1. The Kier molecular flexibility index (Phi) is 8.30. The highest BCUT2D eigenvalue weighted by Gasteiger charge is 2.40. The van der Waals surface area contributed by atoms with Crippen LogP contribution >= 0.6 is 11.6 Å². The molecule has 4 rings (SSSR count). The van der Waals surface area contributed by atoms with Crippen LogP contribution in [-0.2, 0) is 15.7 Å². The Morgan fingerprint density at radius 3 is 2.39 bits per heavy atom. The van der Waals surface area contributed by atoms with Crippen molar-refractivity contribution in [3.63, 3.8) is 0 Å². The van der Waals surface area contributed by atoms with Crippen LogP contribution in [0.1, 0.15) is 12.0 Å². The molecule has 0 saturated carbocycles. The lowest BCUT2D eigenvalue weighted by Crippen LogP contribution is -2.45. The Hall–Kier alpha value is -4.50. The molecule has 1 fully saturated rings. The summed E-state index contributed by atoms with van der Waals surface area (Å²) in [6.45, 7) is 0.0483. The second-order valence-corrected chi connectivity index (χ2v) is 9.33. The van der Waals surface area contributed by atoms with Crippen LogP contribution in [0.4, 0.5) is 39.4 Å². The molecular weight excluding hydrogens is 578 g/mol. The Bertz CT molecular complexity index is 1560. The maximum absolute atomic E-state index is 15.0. The molecule has 0 radical (unpaired) electrons. The number of aromatic nitrogens is 1. The van der Waals surface area contributed by atoms with Crippen molar-refractivity contribution in [2.75, 3.05) is 24.3 Å². The topological polar surface area (TPSA) is 136 Å². The van der Waals surface area contributed by atoms with Crippen molar-refractivity contribution >= 4 is 40.6 Å². The van der Waals surface area contributed by atoms with Crippen LogP contribution in [0.2, 0.25) is 5.02 Å². The van der Waals surface area contributed by atoms with Crippen molar-refractivity contribution < 1.29 is 36.8 Å². The van der Waals surface area contributed by atoms with E-state index in [4.69, 9.17) is 16.3 Å². The first kappa shape index (κ1) is 29.5. The van der Waals surface area contributed by atoms with Gasteiger partial charge in [0.1, 0.15) is 11.9 Å². The van der Waals surface area contributed by atoms with Gasteiger partial charge < -0.3 is 20.3 Å². The molecule has 1 aliphatic heterocycles. The minimum atomic E-state index is -5.03. The molecule has 216 valence electrons. The third kappa shape index (κ3) is 6.47. The van der Waals surface area contributed by atoms with E-state index in [0.717, 1.165) is 12.1 Å². The highest BCUT2D eigenvalue weighted by Crippen LogP contribution is 2.31. The summed E-state index contributed by atoms with van der Waals surface area (Å²) >= 11 is 5.85. The van der Waals surface area contributed by atoms with E-state index in [1.165, 1.54) is 12.0 Å². The number of carbonyl (C=O) groups is 2. The van der Waals surface area contributed by atoms with Crippen LogP contribution in [0.3, 0.4) is 0 Å². The van der Waals surface area contributed by atoms with Gasteiger partial charge in [0.05, 0.1) is 28.0 Å². The Morgan fingerprint density at radius 2 is 1.80 bits per heavy atom. The molecule has 0 spiro atoms. The predicted octanol–water partition coefficient (Wildman–Crippen LogP) is 4.82. The molecule has 2 atom stereocenters. The molecule has 0 bridgehead atoms. The van der Waals surface area contributed by atoms with Crippen molar-refractivity contribution in [1.29, 1.82) is 0 Å². The van der Waals surface area contributed by atoms with Crippen LogP contribution in [0.5, 0.6) is 0 Å². The van der Waals surface area contributed by atoms with Gasteiger partial charge in [0.2, 0.25) is 5.91 Å². The number of carbonyl (C=O) groups excluding carboxylic acids is 2. The highest BCUT2D eigenvalue weighted by molar-refractivity contribution is 6.30. The van der Waals surface area contributed by atoms with Gasteiger partial charge >= 0.3 is 23.5 Å². The van der Waals surface area contributed by atoms with Crippen molar-refractivity contribution in [2.24, 2.45) is 0 Å². The van der Waals surface area contributed by atoms with Crippen LogP contribution in [0, 0.1) is 15.9 Å². The number of nitrogens with zero attached hydrogens (tertiary/aromatic N) is 3. The molecule has 0 aliphatic carbocycles. The maximum Gasteiger partial charge on any atom is 0.418 e. The molecule has 0 unspecified atom stereocenters. The van der Waals surface area contributed by atoms with E-state index in [2.05, 4.69) is 10.6 Å². The summed E-state index contributed by atoms with van der Waals surface area (Å²) in [5.74, 6) is -1.93. The molecule has 1 aliphatic rings. The zero-order valence-corrected chi connectivity index (χ0v) is 21.7. The van der Waals surface area contributed by atoms with E-state index in [-0.39, 0.29) is 19.0 Å². The number of nitrogens with one attached hydrogen (secondary N) is 2.